The molecule has 0 amide bonds. The van der Waals surface area contributed by atoms with Crippen molar-refractivity contribution < 1.29 is 24.2 Å². The second-order valence-electron chi connectivity index (χ2n) is 3.05. The molecule has 0 aliphatic heterocycles. The maximum absolute atomic E-state index is 11.2. The first-order valence-corrected chi connectivity index (χ1v) is 4.74. The second-order valence-corrected chi connectivity index (χ2v) is 3.05. The van der Waals surface area contributed by atoms with Crippen molar-refractivity contribution in [2.75, 3.05) is 20.3 Å². The Morgan fingerprint density at radius 1 is 1.12 bits per heavy atom. The topological polar surface area (TPSA) is 72.8 Å². The van der Waals surface area contributed by atoms with Crippen molar-refractivity contribution >= 4 is 11.9 Å². The molecular weight excluding hydrogens is 212 g/mol. The Hall–Kier alpha value is -1.62. The van der Waals surface area contributed by atoms with E-state index in [9.17, 15) is 9.59 Å². The van der Waals surface area contributed by atoms with Crippen LogP contribution >= 0.6 is 0 Å². The molecule has 16 heavy (non-hydrogen) atoms. The number of carbonyl (C=O) groups excluding carboxylic acids is 2. The highest BCUT2D eigenvalue weighted by molar-refractivity contribution is 5.90. The molecule has 0 bridgehead atoms. The summed E-state index contributed by atoms with van der Waals surface area (Å²) < 4.78 is 9.15. The molecule has 0 heterocycles. The van der Waals surface area contributed by atoms with Crippen LogP contribution in [0.3, 0.4) is 0 Å². The highest BCUT2D eigenvalue weighted by Crippen LogP contribution is 2.01. The predicted octanol–water partition coefficient (Wildman–Crippen LogP) is 0.587. The van der Waals surface area contributed by atoms with Crippen molar-refractivity contribution in [2.45, 2.75) is 13.8 Å². The smallest absolute Gasteiger partial charge is 0.333 e. The molecule has 0 aromatic heterocycles. The molecule has 0 saturated carbocycles. The lowest BCUT2D eigenvalue weighted by atomic mass is 10.2. The minimum atomic E-state index is -0.525. The van der Waals surface area contributed by atoms with Crippen LogP contribution in [0, 0.1) is 0 Å². The lowest BCUT2D eigenvalue weighted by molar-refractivity contribution is -0.140. The summed E-state index contributed by atoms with van der Waals surface area (Å²) in [6, 6.07) is 0. The summed E-state index contributed by atoms with van der Waals surface area (Å²) in [6.45, 7) is 2.88. The third kappa shape index (κ3) is 5.31. The number of hydrogen-bond acceptors (Lipinski definition) is 5. The Kier molecular flexibility index (Phi) is 6.87. The quantitative estimate of drug-likeness (QED) is 0.423. The molecule has 0 rings (SSSR count). The Morgan fingerprint density at radius 3 is 2.06 bits per heavy atom. The van der Waals surface area contributed by atoms with E-state index in [-0.39, 0.29) is 13.2 Å². The van der Waals surface area contributed by atoms with Crippen LogP contribution in [-0.2, 0) is 19.1 Å². The first-order valence-electron chi connectivity index (χ1n) is 4.74. The van der Waals surface area contributed by atoms with Gasteiger partial charge >= 0.3 is 11.9 Å². The van der Waals surface area contributed by atoms with Crippen LogP contribution in [-0.4, -0.2) is 37.4 Å². The van der Waals surface area contributed by atoms with Gasteiger partial charge in [0, 0.05) is 11.1 Å². The van der Waals surface area contributed by atoms with Gasteiger partial charge in [0.15, 0.2) is 0 Å². The van der Waals surface area contributed by atoms with Crippen LogP contribution in [0.4, 0.5) is 0 Å². The zero-order valence-electron chi connectivity index (χ0n) is 9.65. The highest BCUT2D eigenvalue weighted by Gasteiger charge is 2.05. The zero-order valence-corrected chi connectivity index (χ0v) is 9.65. The van der Waals surface area contributed by atoms with Crippen LogP contribution in [0.1, 0.15) is 13.8 Å². The van der Waals surface area contributed by atoms with Crippen LogP contribution in [0.2, 0.25) is 0 Å². The van der Waals surface area contributed by atoms with E-state index in [4.69, 9.17) is 5.11 Å². The average Bonchev–Trinajstić information content (AvgIpc) is 2.31. The Balaban J connectivity index is 4.43. The molecule has 0 spiro atoms. The molecule has 0 saturated heterocycles. The molecule has 0 radical (unpaired) electrons. The standard InChI is InChI=1S/C11H16O5/c1-8(10(13)15-3)4-5-9(2)11(14)16-7-6-12/h4-5,12H,6-7H2,1-3H3/b8-4+,9-5+. The van der Waals surface area contributed by atoms with Crippen molar-refractivity contribution in [3.8, 4) is 0 Å². The van der Waals surface area contributed by atoms with Crippen molar-refractivity contribution in [2.24, 2.45) is 0 Å². The van der Waals surface area contributed by atoms with Gasteiger partial charge in [-0.15, -0.1) is 0 Å². The van der Waals surface area contributed by atoms with Gasteiger partial charge < -0.3 is 14.6 Å². The summed E-state index contributed by atoms with van der Waals surface area (Å²) in [5, 5.41) is 8.45. The first kappa shape index (κ1) is 14.4. The van der Waals surface area contributed by atoms with E-state index in [1.807, 2.05) is 0 Å². The number of aliphatic hydroxyl groups is 1. The molecular formula is C11H16O5. The van der Waals surface area contributed by atoms with Gasteiger partial charge in [0.1, 0.15) is 6.61 Å². The number of ether oxygens (including phenoxy) is 2. The minimum absolute atomic E-state index is 0.0380. The Bertz CT molecular complexity index is 314. The average molecular weight is 228 g/mol. The molecule has 0 fully saturated rings. The Labute approximate surface area is 94.4 Å². The lowest BCUT2D eigenvalue weighted by Crippen LogP contribution is -2.09. The van der Waals surface area contributed by atoms with E-state index < -0.39 is 11.9 Å². The first-order chi connectivity index (χ1) is 7.52. The van der Waals surface area contributed by atoms with Crippen LogP contribution < -0.4 is 0 Å². The van der Waals surface area contributed by atoms with E-state index in [0.717, 1.165) is 0 Å². The second kappa shape index (κ2) is 7.64. The largest absolute Gasteiger partial charge is 0.466 e. The van der Waals surface area contributed by atoms with Gasteiger partial charge in [-0.25, -0.2) is 9.59 Å². The number of methoxy groups -OCH3 is 1. The number of rotatable bonds is 5. The number of esters is 2. The molecule has 0 unspecified atom stereocenters. The lowest BCUT2D eigenvalue weighted by Gasteiger charge is -2.01. The SMILES string of the molecule is COC(=O)/C(C)=C/C=C(\C)C(=O)OCCO. The molecule has 90 valence electrons. The summed E-state index contributed by atoms with van der Waals surface area (Å²) in [5.41, 5.74) is 0.730. The van der Waals surface area contributed by atoms with E-state index >= 15 is 0 Å². The molecule has 0 aliphatic carbocycles. The van der Waals surface area contributed by atoms with E-state index in [1.165, 1.54) is 19.3 Å². The van der Waals surface area contributed by atoms with Crippen molar-refractivity contribution in [3.05, 3.63) is 23.3 Å². The van der Waals surface area contributed by atoms with Crippen molar-refractivity contribution in [3.63, 3.8) is 0 Å². The zero-order chi connectivity index (χ0) is 12.6. The van der Waals surface area contributed by atoms with Gasteiger partial charge in [0.25, 0.3) is 0 Å². The summed E-state index contributed by atoms with van der Waals surface area (Å²) in [5.74, 6) is -0.976. The summed E-state index contributed by atoms with van der Waals surface area (Å²) >= 11 is 0. The fourth-order valence-corrected chi connectivity index (χ4v) is 0.799. The van der Waals surface area contributed by atoms with Gasteiger partial charge in [-0.3, -0.25) is 0 Å². The van der Waals surface area contributed by atoms with Crippen molar-refractivity contribution in [1.29, 1.82) is 0 Å². The minimum Gasteiger partial charge on any atom is -0.466 e. The summed E-state index contributed by atoms with van der Waals surface area (Å²) in [6.07, 6.45) is 2.94. The third-order valence-corrected chi connectivity index (χ3v) is 1.74. The van der Waals surface area contributed by atoms with Crippen LogP contribution in [0.15, 0.2) is 23.3 Å². The third-order valence-electron chi connectivity index (χ3n) is 1.74. The molecule has 0 aliphatic rings. The van der Waals surface area contributed by atoms with Gasteiger partial charge in [0.05, 0.1) is 13.7 Å². The Morgan fingerprint density at radius 2 is 1.62 bits per heavy atom. The molecule has 0 atom stereocenters. The number of carbonyl (C=O) groups is 2. The fourth-order valence-electron chi connectivity index (χ4n) is 0.799. The predicted molar refractivity (Wildman–Crippen MR) is 57.6 cm³/mol. The molecule has 1 N–H and O–H groups in total. The highest BCUT2D eigenvalue weighted by atomic mass is 16.5. The normalized spacial score (nSPS) is 12.2. The van der Waals surface area contributed by atoms with Crippen LogP contribution in [0.5, 0.6) is 0 Å². The van der Waals surface area contributed by atoms with Gasteiger partial charge in [-0.2, -0.15) is 0 Å². The molecule has 0 aromatic carbocycles. The number of aliphatic hydroxyl groups excluding tert-OH is 1. The van der Waals surface area contributed by atoms with Crippen molar-refractivity contribution in [1.82, 2.24) is 0 Å². The summed E-state index contributed by atoms with van der Waals surface area (Å²) in [7, 11) is 1.28. The van der Waals surface area contributed by atoms with E-state index in [2.05, 4.69) is 9.47 Å². The van der Waals surface area contributed by atoms with Gasteiger partial charge in [0.2, 0.25) is 0 Å². The fraction of sp³-hybridized carbons (Fsp3) is 0.455. The van der Waals surface area contributed by atoms with E-state index in [0.29, 0.717) is 11.1 Å². The molecule has 5 nitrogen and oxygen atoms in total. The van der Waals surface area contributed by atoms with Gasteiger partial charge in [-0.05, 0) is 13.8 Å². The molecule has 0 aromatic rings. The monoisotopic (exact) mass is 228 g/mol. The summed E-state index contributed by atoms with van der Waals surface area (Å²) in [4.78, 5) is 22.2. The maximum atomic E-state index is 11.2. The maximum Gasteiger partial charge on any atom is 0.333 e. The van der Waals surface area contributed by atoms with Crippen LogP contribution in [0.25, 0.3) is 0 Å². The van der Waals surface area contributed by atoms with E-state index in [1.54, 1.807) is 13.8 Å². The molecule has 5 heteroatoms. The number of hydrogen-bond donors (Lipinski definition) is 1. The number of allylic oxidation sites excluding steroid dienone is 2. The van der Waals surface area contributed by atoms with Gasteiger partial charge in [-0.1, -0.05) is 12.2 Å².